The SMILES string of the molecule is COCCn1c(CN2CCC(c3cccc4c3OC(C)(C3C=C(F)C=CC3)O4)CC2)nc2ccc(C(=O)O)cc21. The number of aromatic nitrogens is 2. The molecule has 3 aromatic rings. The number of piperidine rings is 1. The quantitative estimate of drug-likeness (QED) is 0.389. The van der Waals surface area contributed by atoms with Crippen LogP contribution in [0.25, 0.3) is 11.0 Å². The Bertz CT molecular complexity index is 1490. The third-order valence-corrected chi connectivity index (χ3v) is 8.31. The number of hydrogen-bond acceptors (Lipinski definition) is 6. The molecule has 2 atom stereocenters. The molecule has 2 aromatic carbocycles. The normalized spacial score (nSPS) is 23.1. The number of nitrogens with zero attached hydrogens (tertiary/aromatic N) is 3. The van der Waals surface area contributed by atoms with Gasteiger partial charge in [0, 0.05) is 26.1 Å². The summed E-state index contributed by atoms with van der Waals surface area (Å²) in [5, 5.41) is 9.46. The predicted octanol–water partition coefficient (Wildman–Crippen LogP) is 5.68. The molecule has 1 aromatic heterocycles. The molecule has 1 aliphatic carbocycles. The van der Waals surface area contributed by atoms with Gasteiger partial charge < -0.3 is 23.9 Å². The van der Waals surface area contributed by atoms with Gasteiger partial charge in [-0.15, -0.1) is 0 Å². The fourth-order valence-electron chi connectivity index (χ4n) is 6.11. The van der Waals surface area contributed by atoms with Crippen LogP contribution >= 0.6 is 0 Å². The molecule has 210 valence electrons. The average Bonchev–Trinajstić information content (AvgIpc) is 3.48. The monoisotopic (exact) mass is 547 g/mol. The molecular formula is C31H34FN3O5. The number of fused-ring (bicyclic) bond motifs is 2. The number of likely N-dealkylation sites (tertiary alicyclic amines) is 1. The number of para-hydroxylation sites is 1. The fraction of sp³-hybridized carbons (Fsp3) is 0.419. The van der Waals surface area contributed by atoms with Gasteiger partial charge in [-0.1, -0.05) is 18.2 Å². The van der Waals surface area contributed by atoms with Crippen LogP contribution in [0.2, 0.25) is 0 Å². The summed E-state index contributed by atoms with van der Waals surface area (Å²) >= 11 is 0. The topological polar surface area (TPSA) is 86.0 Å². The summed E-state index contributed by atoms with van der Waals surface area (Å²) in [5.74, 6) is 0.370. The first-order chi connectivity index (χ1) is 19.3. The lowest BCUT2D eigenvalue weighted by atomic mass is 9.88. The Morgan fingerprint density at radius 1 is 1.23 bits per heavy atom. The maximum atomic E-state index is 14.0. The van der Waals surface area contributed by atoms with Crippen LogP contribution in [0.1, 0.15) is 53.8 Å². The summed E-state index contributed by atoms with van der Waals surface area (Å²) in [6.07, 6.45) is 7.48. The summed E-state index contributed by atoms with van der Waals surface area (Å²) in [5.41, 5.74) is 2.99. The lowest BCUT2D eigenvalue weighted by molar-refractivity contribution is -0.0958. The average molecular weight is 548 g/mol. The molecule has 0 radical (unpaired) electrons. The van der Waals surface area contributed by atoms with E-state index in [1.165, 1.54) is 6.08 Å². The highest BCUT2D eigenvalue weighted by molar-refractivity contribution is 5.92. The summed E-state index contributed by atoms with van der Waals surface area (Å²) in [4.78, 5) is 18.8. The number of aromatic carboxylic acids is 1. The van der Waals surface area contributed by atoms with E-state index in [2.05, 4.69) is 15.5 Å². The van der Waals surface area contributed by atoms with Gasteiger partial charge in [0.1, 0.15) is 11.7 Å². The van der Waals surface area contributed by atoms with E-state index in [1.54, 1.807) is 31.4 Å². The van der Waals surface area contributed by atoms with Gasteiger partial charge in [0.15, 0.2) is 11.5 Å². The van der Waals surface area contributed by atoms with Crippen molar-refractivity contribution >= 4 is 17.0 Å². The molecule has 40 heavy (non-hydrogen) atoms. The van der Waals surface area contributed by atoms with E-state index in [1.807, 2.05) is 25.1 Å². The summed E-state index contributed by atoms with van der Waals surface area (Å²) in [6, 6.07) is 11.1. The molecule has 8 nitrogen and oxygen atoms in total. The van der Waals surface area contributed by atoms with Crippen molar-refractivity contribution in [3.05, 3.63) is 77.4 Å². The Morgan fingerprint density at radius 2 is 2.05 bits per heavy atom. The molecule has 3 heterocycles. The number of carbonyl (C=O) groups is 1. The van der Waals surface area contributed by atoms with E-state index in [9.17, 15) is 14.3 Å². The van der Waals surface area contributed by atoms with Crippen LogP contribution in [-0.2, 0) is 17.8 Å². The van der Waals surface area contributed by atoms with Crippen LogP contribution in [0.4, 0.5) is 4.39 Å². The number of carboxylic acids is 1. The predicted molar refractivity (Wildman–Crippen MR) is 148 cm³/mol. The highest BCUT2D eigenvalue weighted by atomic mass is 19.1. The van der Waals surface area contributed by atoms with Crippen molar-refractivity contribution in [1.29, 1.82) is 0 Å². The van der Waals surface area contributed by atoms with E-state index in [0.717, 1.165) is 59.9 Å². The minimum atomic E-state index is -0.952. The molecular weight excluding hydrogens is 513 g/mol. The second-order valence-corrected chi connectivity index (χ2v) is 10.9. The zero-order valence-electron chi connectivity index (χ0n) is 22.8. The maximum absolute atomic E-state index is 14.0. The highest BCUT2D eigenvalue weighted by Gasteiger charge is 2.45. The van der Waals surface area contributed by atoms with Crippen molar-refractivity contribution in [3.63, 3.8) is 0 Å². The van der Waals surface area contributed by atoms with Gasteiger partial charge in [-0.05, 0) is 74.7 Å². The van der Waals surface area contributed by atoms with E-state index < -0.39 is 11.8 Å². The van der Waals surface area contributed by atoms with Gasteiger partial charge >= 0.3 is 5.97 Å². The number of hydrogen-bond donors (Lipinski definition) is 1. The van der Waals surface area contributed by atoms with Gasteiger partial charge in [-0.2, -0.15) is 0 Å². The van der Waals surface area contributed by atoms with Crippen LogP contribution in [0.15, 0.2) is 60.5 Å². The number of allylic oxidation sites excluding steroid dienone is 3. The zero-order chi connectivity index (χ0) is 27.9. The first-order valence-electron chi connectivity index (χ1n) is 13.8. The van der Waals surface area contributed by atoms with Gasteiger partial charge in [0.25, 0.3) is 5.79 Å². The number of ether oxygens (including phenoxy) is 3. The molecule has 1 fully saturated rings. The molecule has 1 N–H and O–H groups in total. The molecule has 1 saturated heterocycles. The summed E-state index contributed by atoms with van der Waals surface area (Å²) in [7, 11) is 1.66. The number of rotatable bonds is 8. The molecule has 0 bridgehead atoms. The van der Waals surface area contributed by atoms with Crippen LogP contribution in [0, 0.1) is 5.92 Å². The van der Waals surface area contributed by atoms with Crippen molar-refractivity contribution in [2.75, 3.05) is 26.8 Å². The molecule has 0 saturated carbocycles. The molecule has 6 rings (SSSR count). The Hall–Kier alpha value is -3.69. The zero-order valence-corrected chi connectivity index (χ0v) is 22.8. The maximum Gasteiger partial charge on any atom is 0.335 e. The Labute approximate surface area is 232 Å². The minimum absolute atomic E-state index is 0.205. The van der Waals surface area contributed by atoms with Crippen molar-refractivity contribution < 1.29 is 28.5 Å². The lowest BCUT2D eigenvalue weighted by Gasteiger charge is -2.33. The number of methoxy groups -OCH3 is 1. The van der Waals surface area contributed by atoms with Gasteiger partial charge in [-0.3, -0.25) is 4.90 Å². The van der Waals surface area contributed by atoms with Crippen LogP contribution in [0.3, 0.4) is 0 Å². The van der Waals surface area contributed by atoms with E-state index >= 15 is 0 Å². The molecule has 2 aliphatic heterocycles. The number of halogens is 1. The van der Waals surface area contributed by atoms with E-state index in [0.29, 0.717) is 32.0 Å². The number of carboxylic acid groups (broad SMARTS) is 1. The van der Waals surface area contributed by atoms with Gasteiger partial charge in [0.2, 0.25) is 0 Å². The summed E-state index contributed by atoms with van der Waals surface area (Å²) < 4.78 is 34.1. The minimum Gasteiger partial charge on any atom is -0.478 e. The fourth-order valence-corrected chi connectivity index (χ4v) is 6.11. The first-order valence-corrected chi connectivity index (χ1v) is 13.8. The molecule has 2 unspecified atom stereocenters. The van der Waals surface area contributed by atoms with Crippen molar-refractivity contribution in [1.82, 2.24) is 14.5 Å². The molecule has 3 aliphatic rings. The molecule has 0 spiro atoms. The molecule has 0 amide bonds. The van der Waals surface area contributed by atoms with E-state index in [4.69, 9.17) is 19.2 Å². The lowest BCUT2D eigenvalue weighted by Crippen LogP contribution is -2.42. The van der Waals surface area contributed by atoms with E-state index in [-0.39, 0.29) is 17.3 Å². The Balaban J connectivity index is 1.16. The van der Waals surface area contributed by atoms with Crippen molar-refractivity contribution in [2.24, 2.45) is 5.92 Å². The number of benzene rings is 2. The van der Waals surface area contributed by atoms with Gasteiger partial charge in [0.05, 0.1) is 35.7 Å². The second-order valence-electron chi connectivity index (χ2n) is 10.9. The largest absolute Gasteiger partial charge is 0.478 e. The van der Waals surface area contributed by atoms with Gasteiger partial charge in [-0.25, -0.2) is 14.2 Å². The van der Waals surface area contributed by atoms with Crippen LogP contribution < -0.4 is 9.47 Å². The third-order valence-electron chi connectivity index (χ3n) is 8.31. The standard InChI is InChI=1S/C31H34FN3O5/c1-31(22-5-3-6-23(32)18-22)39-27-8-4-7-24(29(27)40-31)20-11-13-34(14-12-20)19-28-33-25-10-9-21(30(36)37)17-26(25)35(28)15-16-38-2/h3-4,6-10,17-18,20,22H,5,11-16,19H2,1-2H3,(H,36,37). The Kier molecular flexibility index (Phi) is 7.10. The van der Waals surface area contributed by atoms with Crippen LogP contribution in [-0.4, -0.2) is 58.1 Å². The van der Waals surface area contributed by atoms with Crippen LogP contribution in [0.5, 0.6) is 11.5 Å². The smallest absolute Gasteiger partial charge is 0.335 e. The molecule has 9 heteroatoms. The second kappa shape index (κ2) is 10.7. The highest BCUT2D eigenvalue weighted by Crippen LogP contribution is 2.49. The summed E-state index contributed by atoms with van der Waals surface area (Å²) in [6.45, 7) is 5.46. The third kappa shape index (κ3) is 4.99. The van der Waals surface area contributed by atoms with Crippen molar-refractivity contribution in [2.45, 2.75) is 51.0 Å². The first kappa shape index (κ1) is 26.5. The van der Waals surface area contributed by atoms with Crippen molar-refractivity contribution in [3.8, 4) is 11.5 Å². The number of imidazole rings is 1. The Morgan fingerprint density at radius 3 is 2.80 bits per heavy atom.